The molecular formula is C18H21NO3S. The first-order valence-electron chi connectivity index (χ1n) is 7.40. The molecule has 0 aliphatic carbocycles. The number of benzene rings is 1. The standard InChI is InChI=1S/C18H21NO3S/c1-3-5-14-12-15(7-8-17(14)21-2)18(20)19-9-11-23-13-16-6-4-10-22-16/h3-4,6-8,10,12H,1,5,9,11,13H2,2H3,(H,19,20). The molecule has 23 heavy (non-hydrogen) atoms. The highest BCUT2D eigenvalue weighted by atomic mass is 32.2. The number of nitrogens with one attached hydrogen (secondary N) is 1. The van der Waals surface area contributed by atoms with Crippen molar-refractivity contribution in [1.82, 2.24) is 5.32 Å². The highest BCUT2D eigenvalue weighted by Crippen LogP contribution is 2.20. The lowest BCUT2D eigenvalue weighted by Crippen LogP contribution is -2.25. The van der Waals surface area contributed by atoms with Crippen molar-refractivity contribution in [3.05, 3.63) is 66.1 Å². The van der Waals surface area contributed by atoms with Crippen LogP contribution in [0.4, 0.5) is 0 Å². The molecule has 1 N–H and O–H groups in total. The van der Waals surface area contributed by atoms with Gasteiger partial charge in [-0.1, -0.05) is 6.08 Å². The monoisotopic (exact) mass is 331 g/mol. The van der Waals surface area contributed by atoms with Gasteiger partial charge in [0.2, 0.25) is 0 Å². The fraction of sp³-hybridized carbons (Fsp3) is 0.278. The zero-order valence-electron chi connectivity index (χ0n) is 13.2. The van der Waals surface area contributed by atoms with E-state index in [0.29, 0.717) is 18.5 Å². The number of allylic oxidation sites excluding steroid dienone is 1. The predicted molar refractivity (Wildman–Crippen MR) is 94.1 cm³/mol. The molecule has 0 saturated carbocycles. The van der Waals surface area contributed by atoms with E-state index in [0.717, 1.165) is 28.6 Å². The summed E-state index contributed by atoms with van der Waals surface area (Å²) in [6, 6.07) is 9.27. The van der Waals surface area contributed by atoms with Crippen molar-refractivity contribution in [3.8, 4) is 5.75 Å². The van der Waals surface area contributed by atoms with Crippen LogP contribution in [-0.4, -0.2) is 25.3 Å². The highest BCUT2D eigenvalue weighted by molar-refractivity contribution is 7.98. The molecule has 122 valence electrons. The number of hydrogen-bond donors (Lipinski definition) is 1. The van der Waals surface area contributed by atoms with Crippen molar-refractivity contribution in [3.63, 3.8) is 0 Å². The van der Waals surface area contributed by atoms with Gasteiger partial charge in [0.15, 0.2) is 0 Å². The molecule has 2 rings (SSSR count). The summed E-state index contributed by atoms with van der Waals surface area (Å²) in [5.41, 5.74) is 1.60. The first kappa shape index (κ1) is 17.2. The summed E-state index contributed by atoms with van der Waals surface area (Å²) in [6.45, 7) is 4.35. The third kappa shape index (κ3) is 5.21. The number of furan rings is 1. The van der Waals surface area contributed by atoms with E-state index >= 15 is 0 Å². The Kier molecular flexibility index (Phi) is 6.81. The van der Waals surface area contributed by atoms with Gasteiger partial charge in [-0.25, -0.2) is 0 Å². The van der Waals surface area contributed by atoms with Crippen molar-refractivity contribution in [2.24, 2.45) is 0 Å². The third-order valence-electron chi connectivity index (χ3n) is 3.26. The van der Waals surface area contributed by atoms with Crippen molar-refractivity contribution in [1.29, 1.82) is 0 Å². The molecule has 0 aliphatic heterocycles. The maximum absolute atomic E-state index is 12.2. The number of carbonyl (C=O) groups is 1. The minimum absolute atomic E-state index is 0.0726. The minimum Gasteiger partial charge on any atom is -0.496 e. The Morgan fingerprint density at radius 2 is 2.30 bits per heavy atom. The molecule has 1 amide bonds. The SMILES string of the molecule is C=CCc1cc(C(=O)NCCSCc2ccco2)ccc1OC. The Hall–Kier alpha value is -2.14. The summed E-state index contributed by atoms with van der Waals surface area (Å²) in [6.07, 6.45) is 4.14. The van der Waals surface area contributed by atoms with E-state index in [1.807, 2.05) is 24.3 Å². The smallest absolute Gasteiger partial charge is 0.251 e. The number of amides is 1. The molecule has 5 heteroatoms. The molecule has 2 aromatic rings. The van der Waals surface area contributed by atoms with Crippen molar-refractivity contribution < 1.29 is 13.9 Å². The van der Waals surface area contributed by atoms with Crippen LogP contribution in [0, 0.1) is 0 Å². The Labute approximate surface area is 140 Å². The first-order valence-corrected chi connectivity index (χ1v) is 8.56. The second-order valence-corrected chi connectivity index (χ2v) is 6.01. The zero-order chi connectivity index (χ0) is 16.5. The van der Waals surface area contributed by atoms with Crippen LogP contribution in [0.25, 0.3) is 0 Å². The predicted octanol–water partition coefficient (Wildman–Crippen LogP) is 3.68. The zero-order valence-corrected chi connectivity index (χ0v) is 14.0. The van der Waals surface area contributed by atoms with Gasteiger partial charge in [-0.2, -0.15) is 11.8 Å². The van der Waals surface area contributed by atoms with Crippen LogP contribution < -0.4 is 10.1 Å². The summed E-state index contributed by atoms with van der Waals surface area (Å²) >= 11 is 1.72. The van der Waals surface area contributed by atoms with Gasteiger partial charge in [0, 0.05) is 17.9 Å². The van der Waals surface area contributed by atoms with E-state index in [9.17, 15) is 4.79 Å². The van der Waals surface area contributed by atoms with E-state index < -0.39 is 0 Å². The molecule has 0 atom stereocenters. The quantitative estimate of drug-likeness (QED) is 0.562. The fourth-order valence-corrected chi connectivity index (χ4v) is 2.90. The van der Waals surface area contributed by atoms with Gasteiger partial charge in [-0.05, 0) is 42.3 Å². The van der Waals surface area contributed by atoms with Crippen molar-refractivity contribution in [2.45, 2.75) is 12.2 Å². The number of thioether (sulfide) groups is 1. The van der Waals surface area contributed by atoms with Gasteiger partial charge in [0.1, 0.15) is 11.5 Å². The lowest BCUT2D eigenvalue weighted by molar-refractivity contribution is 0.0956. The number of rotatable bonds is 9. The van der Waals surface area contributed by atoms with Crippen LogP contribution in [0.1, 0.15) is 21.7 Å². The highest BCUT2D eigenvalue weighted by Gasteiger charge is 2.09. The second kappa shape index (κ2) is 9.10. The topological polar surface area (TPSA) is 51.5 Å². The lowest BCUT2D eigenvalue weighted by atomic mass is 10.1. The van der Waals surface area contributed by atoms with Crippen LogP contribution in [0.5, 0.6) is 5.75 Å². The molecule has 0 saturated heterocycles. The average Bonchev–Trinajstić information content (AvgIpc) is 3.08. The summed E-state index contributed by atoms with van der Waals surface area (Å²) in [7, 11) is 1.62. The second-order valence-electron chi connectivity index (χ2n) is 4.91. The van der Waals surface area contributed by atoms with Gasteiger partial charge >= 0.3 is 0 Å². The average molecular weight is 331 g/mol. The maximum atomic E-state index is 12.2. The van der Waals surface area contributed by atoms with Gasteiger partial charge in [-0.3, -0.25) is 4.79 Å². The molecule has 1 heterocycles. The molecule has 1 aromatic carbocycles. The molecular weight excluding hydrogens is 310 g/mol. The van der Waals surface area contributed by atoms with Crippen molar-refractivity contribution >= 4 is 17.7 Å². The number of hydrogen-bond acceptors (Lipinski definition) is 4. The Morgan fingerprint density at radius 1 is 1.43 bits per heavy atom. The largest absolute Gasteiger partial charge is 0.496 e. The number of carbonyl (C=O) groups excluding carboxylic acids is 1. The summed E-state index contributed by atoms with van der Waals surface area (Å²) < 4.78 is 10.5. The van der Waals surface area contributed by atoms with Crippen LogP contribution in [0.3, 0.4) is 0 Å². The normalized spacial score (nSPS) is 10.3. The van der Waals surface area contributed by atoms with Crippen LogP contribution in [-0.2, 0) is 12.2 Å². The molecule has 0 radical (unpaired) electrons. The first-order chi connectivity index (χ1) is 11.2. The van der Waals surface area contributed by atoms with Gasteiger partial charge < -0.3 is 14.5 Å². The Morgan fingerprint density at radius 3 is 3.00 bits per heavy atom. The van der Waals surface area contributed by atoms with Gasteiger partial charge in [-0.15, -0.1) is 6.58 Å². The summed E-state index contributed by atoms with van der Waals surface area (Å²) in [4.78, 5) is 12.2. The molecule has 1 aromatic heterocycles. The third-order valence-corrected chi connectivity index (χ3v) is 4.24. The molecule has 0 fully saturated rings. The summed E-state index contributed by atoms with van der Waals surface area (Å²) in [5, 5.41) is 2.93. The van der Waals surface area contributed by atoms with Gasteiger partial charge in [0.05, 0.1) is 19.1 Å². The molecule has 4 nitrogen and oxygen atoms in total. The fourth-order valence-electron chi connectivity index (χ4n) is 2.14. The van der Waals surface area contributed by atoms with Gasteiger partial charge in [0.25, 0.3) is 5.91 Å². The Balaban J connectivity index is 1.80. The van der Waals surface area contributed by atoms with E-state index in [2.05, 4.69) is 11.9 Å². The lowest BCUT2D eigenvalue weighted by Gasteiger charge is -2.10. The number of methoxy groups -OCH3 is 1. The Bertz CT molecular complexity index is 638. The molecule has 0 aliphatic rings. The molecule has 0 bridgehead atoms. The maximum Gasteiger partial charge on any atom is 0.251 e. The summed E-state index contributed by atoms with van der Waals surface area (Å²) in [5.74, 6) is 3.30. The van der Waals surface area contributed by atoms with E-state index in [1.165, 1.54) is 0 Å². The molecule has 0 spiro atoms. The van der Waals surface area contributed by atoms with Crippen LogP contribution >= 0.6 is 11.8 Å². The van der Waals surface area contributed by atoms with Crippen LogP contribution in [0.2, 0.25) is 0 Å². The van der Waals surface area contributed by atoms with Crippen LogP contribution in [0.15, 0.2) is 53.7 Å². The van der Waals surface area contributed by atoms with E-state index in [4.69, 9.17) is 9.15 Å². The number of ether oxygens (including phenoxy) is 1. The molecule has 0 unspecified atom stereocenters. The van der Waals surface area contributed by atoms with Crippen molar-refractivity contribution in [2.75, 3.05) is 19.4 Å². The minimum atomic E-state index is -0.0726. The van der Waals surface area contributed by atoms with E-state index in [1.54, 1.807) is 37.3 Å². The van der Waals surface area contributed by atoms with E-state index in [-0.39, 0.29) is 5.91 Å².